The number of carbonyl (C=O) groups excluding carboxylic acids is 1. The van der Waals surface area contributed by atoms with Crippen LogP contribution in [-0.4, -0.2) is 31.8 Å². The lowest BCUT2D eigenvalue weighted by Gasteiger charge is -2.11. The number of rotatable bonds is 5. The second-order valence-electron chi connectivity index (χ2n) is 5.82. The van der Waals surface area contributed by atoms with Crippen LogP contribution in [0.2, 0.25) is 0 Å². The molecule has 0 radical (unpaired) electrons. The summed E-state index contributed by atoms with van der Waals surface area (Å²) >= 11 is 0. The van der Waals surface area contributed by atoms with E-state index in [0.717, 1.165) is 5.56 Å². The van der Waals surface area contributed by atoms with E-state index < -0.39 is 32.5 Å². The molecule has 2 N–H and O–H groups in total. The smallest absolute Gasteiger partial charge is 0.328 e. The van der Waals surface area contributed by atoms with E-state index in [0.29, 0.717) is 0 Å². The Morgan fingerprint density at radius 1 is 1.08 bits per heavy atom. The molecule has 5 nitrogen and oxygen atoms in total. The molecule has 0 spiro atoms. The van der Waals surface area contributed by atoms with E-state index in [2.05, 4.69) is 0 Å². The highest BCUT2D eigenvalue weighted by atomic mass is 32.2. The fraction of sp³-hybridized carbons (Fsp3) is 0.278. The molecule has 0 amide bonds. The largest absolute Gasteiger partial charge is 0.465 e. The Bertz CT molecular complexity index is 836. The molecule has 126 valence electrons. The van der Waals surface area contributed by atoms with Gasteiger partial charge in [0.1, 0.15) is 10.8 Å². The summed E-state index contributed by atoms with van der Waals surface area (Å²) in [6.45, 7) is 1.82. The van der Waals surface area contributed by atoms with Crippen molar-refractivity contribution in [1.82, 2.24) is 0 Å². The van der Waals surface area contributed by atoms with E-state index in [1.165, 1.54) is 12.1 Å². The van der Waals surface area contributed by atoms with Crippen molar-refractivity contribution in [3.05, 3.63) is 66.2 Å². The van der Waals surface area contributed by atoms with Gasteiger partial charge in [0.15, 0.2) is 9.84 Å². The third kappa shape index (κ3) is 2.52. The number of ether oxygens (including phenoxy) is 1. The van der Waals surface area contributed by atoms with E-state index in [1.807, 2.05) is 6.07 Å². The number of esters is 1. The number of sulfone groups is 1. The molecule has 0 heterocycles. The van der Waals surface area contributed by atoms with Gasteiger partial charge in [0.05, 0.1) is 11.5 Å². The van der Waals surface area contributed by atoms with Gasteiger partial charge in [0.2, 0.25) is 0 Å². The Kier molecular flexibility index (Phi) is 4.19. The number of hydrogen-bond donors (Lipinski definition) is 1. The average molecular weight is 345 g/mol. The van der Waals surface area contributed by atoms with Crippen molar-refractivity contribution >= 4 is 15.8 Å². The van der Waals surface area contributed by atoms with Crippen LogP contribution in [0.15, 0.2) is 65.6 Å². The summed E-state index contributed by atoms with van der Waals surface area (Å²) in [4.78, 5) is 12.5. The lowest BCUT2D eigenvalue weighted by Crippen LogP contribution is -2.41. The zero-order valence-corrected chi connectivity index (χ0v) is 14.1. The zero-order valence-electron chi connectivity index (χ0n) is 13.3. The van der Waals surface area contributed by atoms with Crippen molar-refractivity contribution in [2.45, 2.75) is 28.5 Å². The van der Waals surface area contributed by atoms with Crippen LogP contribution >= 0.6 is 0 Å². The molecular weight excluding hydrogens is 326 g/mol. The van der Waals surface area contributed by atoms with Crippen molar-refractivity contribution in [3.8, 4) is 0 Å². The minimum atomic E-state index is -3.76. The second kappa shape index (κ2) is 6.03. The first-order valence-corrected chi connectivity index (χ1v) is 9.28. The van der Waals surface area contributed by atoms with Crippen molar-refractivity contribution in [3.63, 3.8) is 0 Å². The third-order valence-electron chi connectivity index (χ3n) is 4.37. The number of carbonyl (C=O) groups is 1. The average Bonchev–Trinajstić information content (AvgIpc) is 3.25. The molecule has 6 heteroatoms. The predicted octanol–water partition coefficient (Wildman–Crippen LogP) is 1.89. The molecule has 0 aliphatic heterocycles. The van der Waals surface area contributed by atoms with Crippen LogP contribution in [0, 0.1) is 0 Å². The Balaban J connectivity index is 2.06. The first-order chi connectivity index (χ1) is 11.4. The van der Waals surface area contributed by atoms with Gasteiger partial charge in [-0.25, -0.2) is 13.2 Å². The SMILES string of the molecule is CCOC(=O)[C@@]1(N)[C@H](S(=O)(=O)c2ccccc2)[C@@H]1c1ccccc1. The molecule has 0 unspecified atom stereocenters. The minimum absolute atomic E-state index is 0.150. The highest BCUT2D eigenvalue weighted by Gasteiger charge is 2.74. The van der Waals surface area contributed by atoms with E-state index in [4.69, 9.17) is 10.5 Å². The summed E-state index contributed by atoms with van der Waals surface area (Å²) in [6.07, 6.45) is 0. The van der Waals surface area contributed by atoms with E-state index in [9.17, 15) is 13.2 Å². The molecule has 2 aromatic rings. The predicted molar refractivity (Wildman–Crippen MR) is 90.2 cm³/mol. The van der Waals surface area contributed by atoms with Crippen LogP contribution in [0.1, 0.15) is 18.4 Å². The van der Waals surface area contributed by atoms with Gasteiger partial charge in [-0.15, -0.1) is 0 Å². The van der Waals surface area contributed by atoms with E-state index >= 15 is 0 Å². The number of nitrogens with two attached hydrogens (primary N) is 1. The van der Waals surface area contributed by atoms with Crippen LogP contribution in [-0.2, 0) is 19.4 Å². The summed E-state index contributed by atoms with van der Waals surface area (Å²) in [5.41, 5.74) is 5.42. The molecule has 1 aliphatic carbocycles. The highest BCUT2D eigenvalue weighted by molar-refractivity contribution is 7.92. The summed E-state index contributed by atoms with van der Waals surface area (Å²) in [5.74, 6) is -1.30. The number of hydrogen-bond acceptors (Lipinski definition) is 5. The van der Waals surface area contributed by atoms with Crippen LogP contribution in [0.3, 0.4) is 0 Å². The zero-order chi connectivity index (χ0) is 17.4. The summed E-state index contributed by atoms with van der Waals surface area (Å²) in [7, 11) is -3.76. The van der Waals surface area contributed by atoms with Crippen LogP contribution < -0.4 is 5.73 Å². The Morgan fingerprint density at radius 2 is 1.62 bits per heavy atom. The summed E-state index contributed by atoms with van der Waals surface area (Å²) in [5, 5.41) is -1.03. The first-order valence-electron chi connectivity index (χ1n) is 7.74. The van der Waals surface area contributed by atoms with Crippen LogP contribution in [0.4, 0.5) is 0 Å². The molecule has 0 saturated heterocycles. The van der Waals surface area contributed by atoms with Gasteiger partial charge < -0.3 is 10.5 Å². The molecule has 2 aromatic carbocycles. The molecule has 24 heavy (non-hydrogen) atoms. The Hall–Kier alpha value is -2.18. The Morgan fingerprint density at radius 3 is 2.17 bits per heavy atom. The van der Waals surface area contributed by atoms with Crippen molar-refractivity contribution < 1.29 is 17.9 Å². The van der Waals surface area contributed by atoms with Gasteiger partial charge in [-0.05, 0) is 24.6 Å². The lowest BCUT2D eigenvalue weighted by molar-refractivity contribution is -0.145. The van der Waals surface area contributed by atoms with Crippen molar-refractivity contribution in [1.29, 1.82) is 0 Å². The van der Waals surface area contributed by atoms with Gasteiger partial charge in [0.25, 0.3) is 0 Å². The second-order valence-corrected chi connectivity index (χ2v) is 7.89. The van der Waals surface area contributed by atoms with E-state index in [1.54, 1.807) is 49.4 Å². The normalized spacial score (nSPS) is 25.9. The maximum atomic E-state index is 13.0. The highest BCUT2D eigenvalue weighted by Crippen LogP contribution is 2.56. The fourth-order valence-corrected chi connectivity index (χ4v) is 5.43. The summed E-state index contributed by atoms with van der Waals surface area (Å²) in [6, 6.07) is 17.1. The first kappa shape index (κ1) is 16.7. The monoisotopic (exact) mass is 345 g/mol. The van der Waals surface area contributed by atoms with Crippen molar-refractivity contribution in [2.24, 2.45) is 5.73 Å². The molecular formula is C18H19NO4S. The Labute approximate surface area is 141 Å². The van der Waals surface area contributed by atoms with Gasteiger partial charge in [0, 0.05) is 5.92 Å². The lowest BCUT2D eigenvalue weighted by atomic mass is 10.1. The molecule has 1 aliphatic rings. The standard InChI is InChI=1S/C18H19NO4S/c1-2-23-17(20)18(19)15(13-9-5-3-6-10-13)16(18)24(21,22)14-11-7-4-8-12-14/h3-12,15-16H,2,19H2,1H3/t15-,16+,18-/m0/s1. The molecule has 0 aromatic heterocycles. The molecule has 1 fully saturated rings. The van der Waals surface area contributed by atoms with E-state index in [-0.39, 0.29) is 11.5 Å². The van der Waals surface area contributed by atoms with Gasteiger partial charge in [-0.2, -0.15) is 0 Å². The topological polar surface area (TPSA) is 86.5 Å². The van der Waals surface area contributed by atoms with Gasteiger partial charge in [-0.3, -0.25) is 0 Å². The molecule has 0 bridgehead atoms. The van der Waals surface area contributed by atoms with Crippen LogP contribution in [0.25, 0.3) is 0 Å². The molecule has 1 saturated carbocycles. The molecule has 3 rings (SSSR count). The number of benzene rings is 2. The van der Waals surface area contributed by atoms with Gasteiger partial charge in [-0.1, -0.05) is 48.5 Å². The minimum Gasteiger partial charge on any atom is -0.465 e. The van der Waals surface area contributed by atoms with Crippen LogP contribution in [0.5, 0.6) is 0 Å². The third-order valence-corrected chi connectivity index (χ3v) is 6.63. The quantitative estimate of drug-likeness (QED) is 0.836. The molecule has 3 atom stereocenters. The van der Waals surface area contributed by atoms with Crippen molar-refractivity contribution in [2.75, 3.05) is 6.61 Å². The summed E-state index contributed by atoms with van der Waals surface area (Å²) < 4.78 is 31.1. The van der Waals surface area contributed by atoms with Gasteiger partial charge >= 0.3 is 5.97 Å². The maximum absolute atomic E-state index is 13.0. The fourth-order valence-electron chi connectivity index (χ4n) is 3.18. The maximum Gasteiger partial charge on any atom is 0.328 e.